The van der Waals surface area contributed by atoms with Gasteiger partial charge in [0.05, 0.1) is 23.3 Å². The van der Waals surface area contributed by atoms with Gasteiger partial charge in [0.1, 0.15) is 0 Å². The summed E-state index contributed by atoms with van der Waals surface area (Å²) in [7, 11) is 0. The van der Waals surface area contributed by atoms with E-state index in [1.807, 2.05) is 30.3 Å². The summed E-state index contributed by atoms with van der Waals surface area (Å²) in [6.45, 7) is 1.21. The molecule has 4 nitrogen and oxygen atoms in total. The Hall–Kier alpha value is -3.21. The highest BCUT2D eigenvalue weighted by atomic mass is 16.1. The molecule has 0 saturated carbocycles. The van der Waals surface area contributed by atoms with Gasteiger partial charge in [0.2, 0.25) is 0 Å². The van der Waals surface area contributed by atoms with Crippen LogP contribution < -0.4 is 5.32 Å². The van der Waals surface area contributed by atoms with Crippen LogP contribution in [0.15, 0.2) is 54.1 Å². The molecule has 1 atom stereocenters. The van der Waals surface area contributed by atoms with E-state index in [1.54, 1.807) is 24.3 Å². The number of rotatable bonds is 3. The Kier molecular flexibility index (Phi) is 5.04. The average molecular weight is 327 g/mol. The van der Waals surface area contributed by atoms with Crippen molar-refractivity contribution in [1.82, 2.24) is 5.32 Å². The predicted molar refractivity (Wildman–Crippen MR) is 95.4 cm³/mol. The number of nitrogens with zero attached hydrogens (tertiary/aromatic N) is 2. The molecule has 1 aliphatic heterocycles. The largest absolute Gasteiger partial charge is 0.312 e. The lowest BCUT2D eigenvalue weighted by molar-refractivity contribution is -0.119. The lowest BCUT2D eigenvalue weighted by Crippen LogP contribution is -2.39. The molecule has 4 heteroatoms. The number of nitriles is 2. The molecule has 1 saturated heterocycles. The molecule has 1 N–H and O–H groups in total. The highest BCUT2D eigenvalue weighted by Crippen LogP contribution is 2.19. The Morgan fingerprint density at radius 1 is 1.00 bits per heavy atom. The van der Waals surface area contributed by atoms with Gasteiger partial charge in [0.15, 0.2) is 5.78 Å². The van der Waals surface area contributed by atoms with E-state index in [1.165, 1.54) is 0 Å². The van der Waals surface area contributed by atoms with Gasteiger partial charge in [-0.2, -0.15) is 10.5 Å². The fourth-order valence-electron chi connectivity index (χ4n) is 2.97. The summed E-state index contributed by atoms with van der Waals surface area (Å²) in [5.41, 5.74) is 3.96. The van der Waals surface area contributed by atoms with Crippen LogP contribution in [0.4, 0.5) is 0 Å². The summed E-state index contributed by atoms with van der Waals surface area (Å²) in [6.07, 6.45) is 2.55. The molecular weight excluding hydrogens is 310 g/mol. The van der Waals surface area contributed by atoms with Crippen LogP contribution in [0.25, 0.3) is 6.08 Å². The minimum absolute atomic E-state index is 0.105. The molecular formula is C21H17N3O. The van der Waals surface area contributed by atoms with Crippen LogP contribution in [0.3, 0.4) is 0 Å². The lowest BCUT2D eigenvalue weighted by atomic mass is 9.87. The molecule has 2 aromatic carbocycles. The Bertz CT molecular complexity index is 881. The first-order valence-electron chi connectivity index (χ1n) is 8.14. The Morgan fingerprint density at radius 2 is 1.60 bits per heavy atom. The zero-order valence-electron chi connectivity index (χ0n) is 13.7. The Morgan fingerprint density at radius 3 is 2.20 bits per heavy atom. The average Bonchev–Trinajstić information content (AvgIpc) is 2.66. The van der Waals surface area contributed by atoms with Crippen molar-refractivity contribution >= 4 is 11.9 Å². The highest BCUT2D eigenvalue weighted by Gasteiger charge is 2.26. The first kappa shape index (κ1) is 16.6. The van der Waals surface area contributed by atoms with Gasteiger partial charge in [0, 0.05) is 24.6 Å². The second-order valence-electron chi connectivity index (χ2n) is 6.11. The first-order chi connectivity index (χ1) is 12.2. The third kappa shape index (κ3) is 4.01. The summed E-state index contributed by atoms with van der Waals surface area (Å²) < 4.78 is 0. The molecule has 0 amide bonds. The summed E-state index contributed by atoms with van der Waals surface area (Å²) in [4.78, 5) is 12.8. The monoisotopic (exact) mass is 327 g/mol. The van der Waals surface area contributed by atoms with Gasteiger partial charge in [0.25, 0.3) is 0 Å². The number of ketones is 1. The van der Waals surface area contributed by atoms with Gasteiger partial charge in [-0.1, -0.05) is 24.3 Å². The molecule has 1 aliphatic rings. The van der Waals surface area contributed by atoms with E-state index >= 15 is 0 Å². The van der Waals surface area contributed by atoms with Crippen LogP contribution in [0, 0.1) is 28.6 Å². The standard InChI is InChI=1S/C21H17N3O/c22-11-17-5-1-15(2-6-17)9-19-13-24-14-20(21(19)25)10-16-3-7-18(12-23)8-4-16/h1-9,20,24H,10,13-14H2/b19-9+. The number of carbonyl (C=O) groups is 1. The van der Waals surface area contributed by atoms with Gasteiger partial charge in [-0.25, -0.2) is 0 Å². The summed E-state index contributed by atoms with van der Waals surface area (Å²) >= 11 is 0. The quantitative estimate of drug-likeness (QED) is 0.880. The van der Waals surface area contributed by atoms with Crippen molar-refractivity contribution < 1.29 is 4.79 Å². The van der Waals surface area contributed by atoms with Crippen molar-refractivity contribution in [3.05, 3.63) is 76.4 Å². The van der Waals surface area contributed by atoms with Crippen LogP contribution in [0.5, 0.6) is 0 Å². The minimum Gasteiger partial charge on any atom is -0.312 e. The van der Waals surface area contributed by atoms with Crippen LogP contribution in [0.1, 0.15) is 22.3 Å². The van der Waals surface area contributed by atoms with Crippen molar-refractivity contribution in [3.63, 3.8) is 0 Å². The maximum absolute atomic E-state index is 12.8. The second-order valence-corrected chi connectivity index (χ2v) is 6.11. The molecule has 25 heavy (non-hydrogen) atoms. The van der Waals surface area contributed by atoms with E-state index in [0.29, 0.717) is 30.6 Å². The zero-order valence-corrected chi connectivity index (χ0v) is 13.7. The van der Waals surface area contributed by atoms with Crippen molar-refractivity contribution in [1.29, 1.82) is 10.5 Å². The third-order valence-electron chi connectivity index (χ3n) is 4.34. The number of Topliss-reactive ketones (excluding diaryl/α,β-unsaturated/α-hetero) is 1. The maximum atomic E-state index is 12.8. The fraction of sp³-hybridized carbons (Fsp3) is 0.190. The molecule has 0 aromatic heterocycles. The highest BCUT2D eigenvalue weighted by molar-refractivity contribution is 6.02. The molecule has 122 valence electrons. The third-order valence-corrected chi connectivity index (χ3v) is 4.34. The molecule has 1 fully saturated rings. The predicted octanol–water partition coefficient (Wildman–Crippen LogP) is 2.84. The SMILES string of the molecule is N#Cc1ccc(/C=C2\CNCC(Cc3ccc(C#N)cc3)C2=O)cc1. The minimum atomic E-state index is -0.105. The number of carbonyl (C=O) groups excluding carboxylic acids is 1. The number of benzene rings is 2. The van der Waals surface area contributed by atoms with Gasteiger partial charge in [-0.05, 0) is 47.9 Å². The summed E-state index contributed by atoms with van der Waals surface area (Å²) in [6, 6.07) is 18.8. The molecule has 2 aromatic rings. The maximum Gasteiger partial charge on any atom is 0.164 e. The normalized spacial score (nSPS) is 18.6. The van der Waals surface area contributed by atoms with Crippen LogP contribution in [-0.4, -0.2) is 18.9 Å². The fourth-order valence-corrected chi connectivity index (χ4v) is 2.97. The Labute approximate surface area is 147 Å². The summed E-state index contributed by atoms with van der Waals surface area (Å²) in [5.74, 6) is 0.0544. The molecule has 0 spiro atoms. The molecule has 0 radical (unpaired) electrons. The van der Waals surface area contributed by atoms with E-state index in [9.17, 15) is 4.79 Å². The van der Waals surface area contributed by atoms with E-state index in [0.717, 1.165) is 16.7 Å². The van der Waals surface area contributed by atoms with Gasteiger partial charge < -0.3 is 5.32 Å². The number of nitrogens with one attached hydrogen (secondary N) is 1. The molecule has 1 unspecified atom stereocenters. The van der Waals surface area contributed by atoms with Gasteiger partial charge >= 0.3 is 0 Å². The second kappa shape index (κ2) is 7.57. The smallest absolute Gasteiger partial charge is 0.164 e. The number of hydrogen-bond acceptors (Lipinski definition) is 4. The topological polar surface area (TPSA) is 76.7 Å². The Balaban J connectivity index is 1.74. The van der Waals surface area contributed by atoms with Gasteiger partial charge in [-0.3, -0.25) is 4.79 Å². The van der Waals surface area contributed by atoms with E-state index in [2.05, 4.69) is 17.5 Å². The number of hydrogen-bond donors (Lipinski definition) is 1. The first-order valence-corrected chi connectivity index (χ1v) is 8.14. The van der Waals surface area contributed by atoms with Gasteiger partial charge in [-0.15, -0.1) is 0 Å². The molecule has 3 rings (SSSR count). The van der Waals surface area contributed by atoms with Crippen molar-refractivity contribution in [2.75, 3.05) is 13.1 Å². The van der Waals surface area contributed by atoms with Crippen LogP contribution >= 0.6 is 0 Å². The van der Waals surface area contributed by atoms with E-state index in [4.69, 9.17) is 10.5 Å². The zero-order chi connectivity index (χ0) is 17.6. The van der Waals surface area contributed by atoms with Crippen molar-refractivity contribution in [2.24, 2.45) is 5.92 Å². The van der Waals surface area contributed by atoms with Crippen molar-refractivity contribution in [2.45, 2.75) is 6.42 Å². The van der Waals surface area contributed by atoms with Crippen molar-refractivity contribution in [3.8, 4) is 12.1 Å². The number of piperidine rings is 1. The molecule has 0 aliphatic carbocycles. The lowest BCUT2D eigenvalue weighted by Gasteiger charge is -2.24. The van der Waals surface area contributed by atoms with Crippen LogP contribution in [0.2, 0.25) is 0 Å². The van der Waals surface area contributed by atoms with E-state index in [-0.39, 0.29) is 11.7 Å². The molecule has 1 heterocycles. The van der Waals surface area contributed by atoms with Crippen LogP contribution in [-0.2, 0) is 11.2 Å². The van der Waals surface area contributed by atoms with E-state index < -0.39 is 0 Å². The summed E-state index contributed by atoms with van der Waals surface area (Å²) in [5, 5.41) is 21.0. The molecule has 0 bridgehead atoms.